The van der Waals surface area contributed by atoms with Crippen molar-refractivity contribution >= 4 is 22.6 Å². The molecule has 0 fully saturated rings. The van der Waals surface area contributed by atoms with Crippen molar-refractivity contribution in [3.8, 4) is 17.1 Å². The van der Waals surface area contributed by atoms with E-state index in [9.17, 15) is 13.6 Å². The number of amides is 1. The van der Waals surface area contributed by atoms with Crippen molar-refractivity contribution in [2.45, 2.75) is 13.5 Å². The van der Waals surface area contributed by atoms with Crippen molar-refractivity contribution in [2.24, 2.45) is 0 Å². The van der Waals surface area contributed by atoms with Crippen molar-refractivity contribution < 1.29 is 18.3 Å². The minimum absolute atomic E-state index is 0.123. The summed E-state index contributed by atoms with van der Waals surface area (Å²) in [6.45, 7) is 2.75. The number of aromatic amines is 1. The number of carbonyl (C=O) groups is 1. The van der Waals surface area contributed by atoms with Gasteiger partial charge in [0.15, 0.2) is 5.82 Å². The van der Waals surface area contributed by atoms with Gasteiger partial charge in [0.25, 0.3) is 5.91 Å². The van der Waals surface area contributed by atoms with E-state index in [0.29, 0.717) is 11.8 Å². The SMILES string of the molecule is CCn1c(-c2cc(NC(=O)c3cc(F)cc(F)c3)n[nH]2)cc2ccc(OC)cc21. The van der Waals surface area contributed by atoms with Crippen molar-refractivity contribution in [2.75, 3.05) is 12.4 Å². The highest BCUT2D eigenvalue weighted by molar-refractivity contribution is 6.04. The maximum Gasteiger partial charge on any atom is 0.257 e. The number of aromatic nitrogens is 3. The third-order valence-electron chi connectivity index (χ3n) is 4.65. The maximum atomic E-state index is 13.3. The molecule has 0 unspecified atom stereocenters. The number of anilines is 1. The van der Waals surface area contributed by atoms with E-state index in [-0.39, 0.29) is 11.4 Å². The highest BCUT2D eigenvalue weighted by Crippen LogP contribution is 2.30. The molecule has 2 N–H and O–H groups in total. The van der Waals surface area contributed by atoms with Crippen molar-refractivity contribution in [3.05, 3.63) is 65.7 Å². The Hall–Kier alpha value is -3.68. The van der Waals surface area contributed by atoms with Crippen LogP contribution in [0.2, 0.25) is 0 Å². The van der Waals surface area contributed by atoms with Gasteiger partial charge in [0, 0.05) is 35.7 Å². The molecule has 0 bridgehead atoms. The highest BCUT2D eigenvalue weighted by atomic mass is 19.1. The number of carbonyl (C=O) groups excluding carboxylic acids is 1. The van der Waals surface area contributed by atoms with E-state index in [1.165, 1.54) is 0 Å². The van der Waals surface area contributed by atoms with Gasteiger partial charge in [0.2, 0.25) is 0 Å². The van der Waals surface area contributed by atoms with Gasteiger partial charge in [0.05, 0.1) is 24.0 Å². The lowest BCUT2D eigenvalue weighted by Crippen LogP contribution is -2.12. The Kier molecular flexibility index (Phi) is 4.75. The molecule has 1 amide bonds. The first-order chi connectivity index (χ1) is 14.0. The molecule has 4 rings (SSSR count). The summed E-state index contributed by atoms with van der Waals surface area (Å²) in [6, 6.07) is 12.2. The number of hydrogen-bond donors (Lipinski definition) is 2. The van der Waals surface area contributed by atoms with E-state index in [4.69, 9.17) is 4.74 Å². The molecule has 0 aliphatic rings. The molecule has 6 nitrogen and oxygen atoms in total. The van der Waals surface area contributed by atoms with Gasteiger partial charge in [-0.1, -0.05) is 0 Å². The number of methoxy groups -OCH3 is 1. The van der Waals surface area contributed by atoms with Crippen LogP contribution in [0.25, 0.3) is 22.3 Å². The molecule has 2 heterocycles. The number of fused-ring (bicyclic) bond motifs is 1. The molecule has 8 heteroatoms. The first kappa shape index (κ1) is 18.7. The minimum Gasteiger partial charge on any atom is -0.497 e. The van der Waals surface area contributed by atoms with E-state index < -0.39 is 17.5 Å². The van der Waals surface area contributed by atoms with Crippen molar-refractivity contribution in [1.29, 1.82) is 0 Å². The largest absolute Gasteiger partial charge is 0.497 e. The smallest absolute Gasteiger partial charge is 0.257 e. The molecule has 0 saturated carbocycles. The molecule has 0 spiro atoms. The summed E-state index contributed by atoms with van der Waals surface area (Å²) in [7, 11) is 1.62. The molecular formula is C21H18F2N4O2. The Labute approximate surface area is 165 Å². The Morgan fingerprint density at radius 3 is 2.59 bits per heavy atom. The highest BCUT2D eigenvalue weighted by Gasteiger charge is 2.15. The maximum absolute atomic E-state index is 13.3. The molecule has 0 aliphatic heterocycles. The van der Waals surface area contributed by atoms with Crippen molar-refractivity contribution in [1.82, 2.24) is 14.8 Å². The average molecular weight is 396 g/mol. The second kappa shape index (κ2) is 7.38. The lowest BCUT2D eigenvalue weighted by molar-refractivity contribution is 0.102. The molecule has 0 aliphatic carbocycles. The summed E-state index contributed by atoms with van der Waals surface area (Å²) in [5.41, 5.74) is 2.47. The van der Waals surface area contributed by atoms with Gasteiger partial charge in [-0.15, -0.1) is 0 Å². The zero-order valence-corrected chi connectivity index (χ0v) is 15.8. The number of H-pyrrole nitrogens is 1. The zero-order chi connectivity index (χ0) is 20.5. The van der Waals surface area contributed by atoms with Crippen LogP contribution in [0.1, 0.15) is 17.3 Å². The summed E-state index contributed by atoms with van der Waals surface area (Å²) >= 11 is 0. The molecule has 4 aromatic rings. The van der Waals surface area contributed by atoms with Gasteiger partial charge >= 0.3 is 0 Å². The number of hydrogen-bond acceptors (Lipinski definition) is 3. The Morgan fingerprint density at radius 1 is 1.14 bits per heavy atom. The van der Waals surface area contributed by atoms with Gasteiger partial charge in [0.1, 0.15) is 17.4 Å². The van der Waals surface area contributed by atoms with Crippen LogP contribution in [0.4, 0.5) is 14.6 Å². The first-order valence-electron chi connectivity index (χ1n) is 8.99. The summed E-state index contributed by atoms with van der Waals surface area (Å²) in [6.07, 6.45) is 0. The fourth-order valence-corrected chi connectivity index (χ4v) is 3.32. The van der Waals surface area contributed by atoms with Gasteiger partial charge in [-0.05, 0) is 37.3 Å². The average Bonchev–Trinajstić information content (AvgIpc) is 3.30. The van der Waals surface area contributed by atoms with Crippen molar-refractivity contribution in [3.63, 3.8) is 0 Å². The van der Waals surface area contributed by atoms with Gasteiger partial charge < -0.3 is 14.6 Å². The lowest BCUT2D eigenvalue weighted by atomic mass is 10.2. The number of benzene rings is 2. The molecule has 29 heavy (non-hydrogen) atoms. The standard InChI is InChI=1S/C21H18F2N4O2/c1-3-27-18-10-16(29-2)5-4-12(18)8-19(27)17-11-20(26-25-17)24-21(28)13-6-14(22)9-15(23)7-13/h4-11H,3H2,1-2H3,(H2,24,25,26,28). The van der Waals surface area contributed by atoms with Crippen LogP contribution in [0.3, 0.4) is 0 Å². The Bertz CT molecular complexity index is 1190. The second-order valence-corrected chi connectivity index (χ2v) is 6.48. The second-order valence-electron chi connectivity index (χ2n) is 6.48. The normalized spacial score (nSPS) is 11.0. The Balaban J connectivity index is 1.64. The lowest BCUT2D eigenvalue weighted by Gasteiger charge is -2.07. The topological polar surface area (TPSA) is 71.9 Å². The molecule has 2 aromatic heterocycles. The third-order valence-corrected chi connectivity index (χ3v) is 4.65. The molecule has 0 saturated heterocycles. The number of ether oxygens (including phenoxy) is 1. The van der Waals surface area contributed by atoms with Crippen LogP contribution in [-0.4, -0.2) is 27.8 Å². The van der Waals surface area contributed by atoms with E-state index in [0.717, 1.165) is 41.0 Å². The van der Waals surface area contributed by atoms with Crippen LogP contribution in [0.15, 0.2) is 48.5 Å². The number of rotatable bonds is 5. The van der Waals surface area contributed by atoms with Crippen LogP contribution >= 0.6 is 0 Å². The predicted octanol–water partition coefficient (Wildman–Crippen LogP) is 4.59. The number of nitrogens with one attached hydrogen (secondary N) is 2. The fraction of sp³-hybridized carbons (Fsp3) is 0.143. The van der Waals surface area contributed by atoms with Crippen LogP contribution in [0, 0.1) is 11.6 Å². The van der Waals surface area contributed by atoms with Crippen LogP contribution < -0.4 is 10.1 Å². The van der Waals surface area contributed by atoms with Gasteiger partial charge in [-0.25, -0.2) is 8.78 Å². The molecule has 0 radical (unpaired) electrons. The third kappa shape index (κ3) is 3.56. The van der Waals surface area contributed by atoms with E-state index in [1.54, 1.807) is 13.2 Å². The quantitative estimate of drug-likeness (QED) is 0.518. The van der Waals surface area contributed by atoms with Gasteiger partial charge in [-0.2, -0.15) is 5.10 Å². The fourth-order valence-electron chi connectivity index (χ4n) is 3.32. The molecule has 2 aromatic carbocycles. The van der Waals surface area contributed by atoms with E-state index >= 15 is 0 Å². The predicted molar refractivity (Wildman–Crippen MR) is 106 cm³/mol. The zero-order valence-electron chi connectivity index (χ0n) is 15.8. The first-order valence-corrected chi connectivity index (χ1v) is 8.99. The summed E-state index contributed by atoms with van der Waals surface area (Å²) in [4.78, 5) is 12.3. The van der Waals surface area contributed by atoms with E-state index in [1.807, 2.05) is 31.2 Å². The Morgan fingerprint density at radius 2 is 1.90 bits per heavy atom. The summed E-state index contributed by atoms with van der Waals surface area (Å²) < 4.78 is 34.1. The van der Waals surface area contributed by atoms with Gasteiger partial charge in [-0.3, -0.25) is 9.89 Å². The number of aryl methyl sites for hydroxylation is 1. The summed E-state index contributed by atoms with van der Waals surface area (Å²) in [5.74, 6) is -1.28. The van der Waals surface area contributed by atoms with Crippen LogP contribution in [-0.2, 0) is 6.54 Å². The summed E-state index contributed by atoms with van der Waals surface area (Å²) in [5, 5.41) is 10.6. The number of halogens is 2. The van der Waals surface area contributed by atoms with Crippen LogP contribution in [0.5, 0.6) is 5.75 Å². The minimum atomic E-state index is -0.819. The molecular weight excluding hydrogens is 378 g/mol. The van der Waals surface area contributed by atoms with E-state index in [2.05, 4.69) is 20.1 Å². The molecule has 148 valence electrons. The molecule has 0 atom stereocenters. The monoisotopic (exact) mass is 396 g/mol. The number of nitrogens with zero attached hydrogens (tertiary/aromatic N) is 2.